The number of nitro groups is 1. The summed E-state index contributed by atoms with van der Waals surface area (Å²) in [5.41, 5.74) is 5.45. The van der Waals surface area contributed by atoms with Gasteiger partial charge in [0.25, 0.3) is 17.5 Å². The first-order valence-electron chi connectivity index (χ1n) is 7.20. The summed E-state index contributed by atoms with van der Waals surface area (Å²) in [5, 5.41) is 15.5. The number of nitro benzene ring substituents is 1. The zero-order chi connectivity index (χ0) is 19.3. The third-order valence-corrected chi connectivity index (χ3v) is 3.55. The Hall–Kier alpha value is -3.46. The molecular weight excluding hydrogens is 364 g/mol. The van der Waals surface area contributed by atoms with Gasteiger partial charge in [-0.15, -0.1) is 0 Å². The highest BCUT2D eigenvalue weighted by Crippen LogP contribution is 2.23. The SMILES string of the molecule is NC(=O)CNC(=O)c1ccc(NC(=O)c2ccc([N+](=O)[O-])cc2Cl)cc1. The minimum atomic E-state index is -0.665. The largest absolute Gasteiger partial charge is 0.368 e. The maximum absolute atomic E-state index is 12.2. The Labute approximate surface area is 152 Å². The molecule has 0 saturated carbocycles. The van der Waals surface area contributed by atoms with Gasteiger partial charge in [-0.2, -0.15) is 0 Å². The van der Waals surface area contributed by atoms with E-state index in [4.69, 9.17) is 17.3 Å². The Morgan fingerprint density at radius 1 is 1.08 bits per heavy atom. The van der Waals surface area contributed by atoms with Gasteiger partial charge in [0.05, 0.1) is 22.1 Å². The van der Waals surface area contributed by atoms with Crippen LogP contribution in [0.1, 0.15) is 20.7 Å². The molecule has 0 aliphatic carbocycles. The van der Waals surface area contributed by atoms with Crippen LogP contribution >= 0.6 is 11.6 Å². The van der Waals surface area contributed by atoms with E-state index in [9.17, 15) is 24.5 Å². The van der Waals surface area contributed by atoms with E-state index < -0.39 is 22.6 Å². The first-order valence-corrected chi connectivity index (χ1v) is 7.57. The molecule has 0 aliphatic rings. The highest BCUT2D eigenvalue weighted by Gasteiger charge is 2.15. The lowest BCUT2D eigenvalue weighted by Gasteiger charge is -2.08. The maximum atomic E-state index is 12.2. The highest BCUT2D eigenvalue weighted by atomic mass is 35.5. The average Bonchev–Trinajstić information content (AvgIpc) is 2.59. The van der Waals surface area contributed by atoms with Crippen LogP contribution in [0.15, 0.2) is 42.5 Å². The zero-order valence-electron chi connectivity index (χ0n) is 13.2. The Bertz CT molecular complexity index is 883. The number of anilines is 1. The van der Waals surface area contributed by atoms with Gasteiger partial charge in [0.1, 0.15) is 0 Å². The minimum absolute atomic E-state index is 0.0563. The number of nitrogens with one attached hydrogen (secondary N) is 2. The van der Waals surface area contributed by atoms with E-state index in [1.165, 1.54) is 36.4 Å². The average molecular weight is 377 g/mol. The van der Waals surface area contributed by atoms with E-state index in [-0.39, 0.29) is 28.4 Å². The van der Waals surface area contributed by atoms with Crippen molar-refractivity contribution in [2.24, 2.45) is 5.73 Å². The van der Waals surface area contributed by atoms with E-state index in [0.717, 1.165) is 6.07 Å². The van der Waals surface area contributed by atoms with Gasteiger partial charge in [-0.1, -0.05) is 11.6 Å². The molecule has 134 valence electrons. The first-order chi connectivity index (χ1) is 12.3. The molecule has 4 N–H and O–H groups in total. The van der Waals surface area contributed by atoms with Crippen LogP contribution in [0.2, 0.25) is 5.02 Å². The second-order valence-corrected chi connectivity index (χ2v) is 5.51. The Kier molecular flexibility index (Phi) is 5.86. The summed E-state index contributed by atoms with van der Waals surface area (Å²) in [5.74, 6) is -1.71. The molecule has 0 bridgehead atoms. The predicted molar refractivity (Wildman–Crippen MR) is 94.0 cm³/mol. The molecule has 3 amide bonds. The van der Waals surface area contributed by atoms with Crippen LogP contribution < -0.4 is 16.4 Å². The fourth-order valence-corrected chi connectivity index (χ4v) is 2.24. The van der Waals surface area contributed by atoms with Gasteiger partial charge in [0.2, 0.25) is 5.91 Å². The summed E-state index contributed by atoms with van der Waals surface area (Å²) in [6, 6.07) is 9.37. The summed E-state index contributed by atoms with van der Waals surface area (Å²) in [6.07, 6.45) is 0. The molecule has 0 atom stereocenters. The molecule has 0 aliphatic heterocycles. The maximum Gasteiger partial charge on any atom is 0.270 e. The smallest absolute Gasteiger partial charge is 0.270 e. The standard InChI is InChI=1S/C16H13ClN4O5/c17-13-7-11(21(25)26)5-6-12(13)16(24)20-10-3-1-9(2-4-10)15(23)19-8-14(18)22/h1-7H,8H2,(H2,18,22)(H,19,23)(H,20,24). The summed E-state index contributed by atoms with van der Waals surface area (Å²) in [4.78, 5) is 44.7. The molecule has 2 aromatic rings. The summed E-state index contributed by atoms with van der Waals surface area (Å²) in [7, 11) is 0. The van der Waals surface area contributed by atoms with Gasteiger partial charge in [-0.25, -0.2) is 0 Å². The first kappa shape index (κ1) is 18.9. The van der Waals surface area contributed by atoms with Crippen molar-refractivity contribution in [1.29, 1.82) is 0 Å². The number of hydrogen-bond donors (Lipinski definition) is 3. The van der Waals surface area contributed by atoms with Gasteiger partial charge in [0.15, 0.2) is 0 Å². The van der Waals surface area contributed by atoms with E-state index in [0.29, 0.717) is 5.69 Å². The number of benzene rings is 2. The van der Waals surface area contributed by atoms with Crippen molar-refractivity contribution in [3.8, 4) is 0 Å². The number of primary amides is 1. The number of halogens is 1. The summed E-state index contributed by atoms with van der Waals surface area (Å²) < 4.78 is 0. The molecule has 2 aromatic carbocycles. The van der Waals surface area contributed by atoms with Crippen molar-refractivity contribution in [2.75, 3.05) is 11.9 Å². The molecule has 0 aromatic heterocycles. The number of carbonyl (C=O) groups is 3. The number of non-ortho nitro benzene ring substituents is 1. The number of carbonyl (C=O) groups excluding carboxylic acids is 3. The van der Waals surface area contributed by atoms with Gasteiger partial charge in [-0.3, -0.25) is 24.5 Å². The second kappa shape index (κ2) is 8.08. The zero-order valence-corrected chi connectivity index (χ0v) is 13.9. The van der Waals surface area contributed by atoms with Gasteiger partial charge >= 0.3 is 0 Å². The normalized spacial score (nSPS) is 10.0. The minimum Gasteiger partial charge on any atom is -0.368 e. The van der Waals surface area contributed by atoms with Crippen molar-refractivity contribution in [2.45, 2.75) is 0 Å². The molecule has 0 fully saturated rings. The van der Waals surface area contributed by atoms with Crippen LogP contribution in [-0.4, -0.2) is 29.2 Å². The predicted octanol–water partition coefficient (Wildman–Crippen LogP) is 1.72. The fourth-order valence-electron chi connectivity index (χ4n) is 1.97. The molecule has 10 heteroatoms. The van der Waals surface area contributed by atoms with Crippen molar-refractivity contribution in [1.82, 2.24) is 5.32 Å². The Morgan fingerprint density at radius 3 is 2.27 bits per heavy atom. The molecule has 0 radical (unpaired) electrons. The number of nitrogens with zero attached hydrogens (tertiary/aromatic N) is 1. The monoisotopic (exact) mass is 376 g/mol. The number of hydrogen-bond acceptors (Lipinski definition) is 5. The molecule has 0 spiro atoms. The van der Waals surface area contributed by atoms with E-state index in [2.05, 4.69) is 10.6 Å². The molecular formula is C16H13ClN4O5. The summed E-state index contributed by atoms with van der Waals surface area (Å²) >= 11 is 5.91. The second-order valence-electron chi connectivity index (χ2n) is 5.10. The van der Waals surface area contributed by atoms with Crippen LogP contribution in [0.5, 0.6) is 0 Å². The summed E-state index contributed by atoms with van der Waals surface area (Å²) in [6.45, 7) is -0.282. The topological polar surface area (TPSA) is 144 Å². The number of amides is 3. The Morgan fingerprint density at radius 2 is 1.73 bits per heavy atom. The molecule has 0 heterocycles. The highest BCUT2D eigenvalue weighted by molar-refractivity contribution is 6.34. The van der Waals surface area contributed by atoms with Crippen LogP contribution in [0.25, 0.3) is 0 Å². The van der Waals surface area contributed by atoms with Crippen molar-refractivity contribution < 1.29 is 19.3 Å². The lowest BCUT2D eigenvalue weighted by molar-refractivity contribution is -0.384. The molecule has 2 rings (SSSR count). The van der Waals surface area contributed by atoms with Gasteiger partial charge in [0, 0.05) is 23.4 Å². The molecule has 26 heavy (non-hydrogen) atoms. The quantitative estimate of drug-likeness (QED) is 0.519. The van der Waals surface area contributed by atoms with Crippen molar-refractivity contribution in [3.05, 3.63) is 68.7 Å². The van der Waals surface area contributed by atoms with Gasteiger partial charge < -0.3 is 16.4 Å². The van der Waals surface area contributed by atoms with Gasteiger partial charge in [-0.05, 0) is 30.3 Å². The third kappa shape index (κ3) is 4.77. The lowest BCUT2D eigenvalue weighted by Crippen LogP contribution is -2.33. The van der Waals surface area contributed by atoms with E-state index >= 15 is 0 Å². The van der Waals surface area contributed by atoms with Crippen LogP contribution in [-0.2, 0) is 4.79 Å². The number of nitrogens with two attached hydrogens (primary N) is 1. The Balaban J connectivity index is 2.07. The van der Waals surface area contributed by atoms with E-state index in [1.54, 1.807) is 0 Å². The third-order valence-electron chi connectivity index (χ3n) is 3.24. The van der Waals surface area contributed by atoms with Crippen molar-refractivity contribution in [3.63, 3.8) is 0 Å². The van der Waals surface area contributed by atoms with Crippen LogP contribution in [0, 0.1) is 10.1 Å². The fraction of sp³-hybridized carbons (Fsp3) is 0.0625. The van der Waals surface area contributed by atoms with Crippen LogP contribution in [0.4, 0.5) is 11.4 Å². The molecule has 0 saturated heterocycles. The van der Waals surface area contributed by atoms with Crippen LogP contribution in [0.3, 0.4) is 0 Å². The molecule has 9 nitrogen and oxygen atoms in total. The lowest BCUT2D eigenvalue weighted by atomic mass is 10.1. The molecule has 0 unspecified atom stereocenters. The van der Waals surface area contributed by atoms with Crippen molar-refractivity contribution >= 4 is 40.7 Å². The van der Waals surface area contributed by atoms with E-state index in [1.807, 2.05) is 0 Å². The number of rotatable bonds is 6.